The zero-order chi connectivity index (χ0) is 16.2. The first-order chi connectivity index (χ1) is 11.1. The van der Waals surface area contributed by atoms with E-state index in [0.29, 0.717) is 12.5 Å². The number of carbonyl (C=O) groups is 1. The SMILES string of the molecule is CC(C)C1=NOC(CNC(=O)c2ccccc2N2CCCC2)C1. The number of para-hydroxylation sites is 1. The predicted octanol–water partition coefficient (Wildman–Crippen LogP) is 2.82. The van der Waals surface area contributed by atoms with E-state index in [0.717, 1.165) is 36.5 Å². The second-order valence-electron chi connectivity index (χ2n) is 6.59. The van der Waals surface area contributed by atoms with Crippen LogP contribution >= 0.6 is 0 Å². The van der Waals surface area contributed by atoms with Crippen molar-refractivity contribution in [1.29, 1.82) is 0 Å². The van der Waals surface area contributed by atoms with Crippen molar-refractivity contribution in [1.82, 2.24) is 5.32 Å². The fourth-order valence-corrected chi connectivity index (χ4v) is 3.10. The Labute approximate surface area is 137 Å². The molecule has 0 bridgehead atoms. The van der Waals surface area contributed by atoms with Crippen molar-refractivity contribution in [3.8, 4) is 0 Å². The summed E-state index contributed by atoms with van der Waals surface area (Å²) in [4.78, 5) is 20.3. The third-order valence-electron chi connectivity index (χ3n) is 4.51. The Morgan fingerprint density at radius 2 is 2.09 bits per heavy atom. The summed E-state index contributed by atoms with van der Waals surface area (Å²) in [6.07, 6.45) is 3.14. The Morgan fingerprint density at radius 3 is 2.78 bits per heavy atom. The fraction of sp³-hybridized carbons (Fsp3) is 0.556. The molecule has 5 nitrogen and oxygen atoms in total. The number of anilines is 1. The quantitative estimate of drug-likeness (QED) is 0.909. The van der Waals surface area contributed by atoms with Gasteiger partial charge < -0.3 is 15.1 Å². The summed E-state index contributed by atoms with van der Waals surface area (Å²) < 4.78 is 0. The maximum atomic E-state index is 12.6. The van der Waals surface area contributed by atoms with Crippen LogP contribution in [0.4, 0.5) is 5.69 Å². The lowest BCUT2D eigenvalue weighted by Crippen LogP contribution is -2.33. The van der Waals surface area contributed by atoms with Gasteiger partial charge in [0.25, 0.3) is 5.91 Å². The van der Waals surface area contributed by atoms with Gasteiger partial charge in [0.05, 0.1) is 17.8 Å². The van der Waals surface area contributed by atoms with E-state index < -0.39 is 0 Å². The van der Waals surface area contributed by atoms with Crippen LogP contribution in [0, 0.1) is 5.92 Å². The Balaban J connectivity index is 1.59. The second-order valence-corrected chi connectivity index (χ2v) is 6.59. The number of rotatable bonds is 5. The van der Waals surface area contributed by atoms with Crippen molar-refractivity contribution in [2.24, 2.45) is 11.1 Å². The van der Waals surface area contributed by atoms with Gasteiger partial charge >= 0.3 is 0 Å². The molecule has 1 saturated heterocycles. The van der Waals surface area contributed by atoms with Gasteiger partial charge in [-0.15, -0.1) is 0 Å². The molecule has 3 rings (SSSR count). The van der Waals surface area contributed by atoms with Crippen LogP contribution in [-0.4, -0.2) is 37.4 Å². The molecule has 0 saturated carbocycles. The van der Waals surface area contributed by atoms with Crippen LogP contribution in [0.25, 0.3) is 0 Å². The van der Waals surface area contributed by atoms with Crippen molar-refractivity contribution < 1.29 is 9.63 Å². The first-order valence-electron chi connectivity index (χ1n) is 8.50. The standard InChI is InChI=1S/C18H25N3O2/c1-13(2)16-11-14(23-20-16)12-19-18(22)15-7-3-4-8-17(15)21-9-5-6-10-21/h3-4,7-8,13-14H,5-6,9-12H2,1-2H3,(H,19,22). The van der Waals surface area contributed by atoms with E-state index in [1.54, 1.807) is 0 Å². The van der Waals surface area contributed by atoms with Gasteiger partial charge in [-0.3, -0.25) is 4.79 Å². The van der Waals surface area contributed by atoms with E-state index in [4.69, 9.17) is 4.84 Å². The number of nitrogens with zero attached hydrogens (tertiary/aromatic N) is 2. The highest BCUT2D eigenvalue weighted by molar-refractivity contribution is 6.00. The van der Waals surface area contributed by atoms with E-state index in [2.05, 4.69) is 29.2 Å². The van der Waals surface area contributed by atoms with Gasteiger partial charge in [-0.25, -0.2) is 0 Å². The fourth-order valence-electron chi connectivity index (χ4n) is 3.10. The minimum Gasteiger partial charge on any atom is -0.390 e. The Bertz CT molecular complexity index is 592. The molecule has 0 radical (unpaired) electrons. The van der Waals surface area contributed by atoms with Crippen molar-refractivity contribution in [3.63, 3.8) is 0 Å². The number of nitrogens with one attached hydrogen (secondary N) is 1. The smallest absolute Gasteiger partial charge is 0.253 e. The Kier molecular flexibility index (Phi) is 4.84. The van der Waals surface area contributed by atoms with Gasteiger partial charge in [0.1, 0.15) is 6.10 Å². The van der Waals surface area contributed by atoms with Crippen molar-refractivity contribution in [3.05, 3.63) is 29.8 Å². The number of carbonyl (C=O) groups excluding carboxylic acids is 1. The van der Waals surface area contributed by atoms with E-state index in [9.17, 15) is 4.79 Å². The number of hydrogen-bond donors (Lipinski definition) is 1. The van der Waals surface area contributed by atoms with Crippen LogP contribution in [0.2, 0.25) is 0 Å². The number of oxime groups is 1. The monoisotopic (exact) mass is 315 g/mol. The van der Waals surface area contributed by atoms with E-state index in [1.165, 1.54) is 12.8 Å². The topological polar surface area (TPSA) is 53.9 Å². The molecule has 1 unspecified atom stereocenters. The summed E-state index contributed by atoms with van der Waals surface area (Å²) >= 11 is 0. The zero-order valence-electron chi connectivity index (χ0n) is 13.9. The highest BCUT2D eigenvalue weighted by Crippen LogP contribution is 2.24. The average Bonchev–Trinajstić information content (AvgIpc) is 3.24. The van der Waals surface area contributed by atoms with E-state index >= 15 is 0 Å². The van der Waals surface area contributed by atoms with Gasteiger partial charge in [0.15, 0.2) is 0 Å². The molecule has 0 aromatic heterocycles. The average molecular weight is 315 g/mol. The largest absolute Gasteiger partial charge is 0.390 e. The van der Waals surface area contributed by atoms with Gasteiger partial charge in [-0.2, -0.15) is 0 Å². The highest BCUT2D eigenvalue weighted by Gasteiger charge is 2.24. The molecule has 1 aromatic carbocycles. The Hall–Kier alpha value is -2.04. The minimum absolute atomic E-state index is 0.0332. The molecular formula is C18H25N3O2. The highest BCUT2D eigenvalue weighted by atomic mass is 16.6. The summed E-state index contributed by atoms with van der Waals surface area (Å²) in [5, 5.41) is 7.11. The minimum atomic E-state index is -0.0460. The van der Waals surface area contributed by atoms with Crippen LogP contribution in [0.5, 0.6) is 0 Å². The molecule has 2 aliphatic rings. The summed E-state index contributed by atoms with van der Waals surface area (Å²) in [6, 6.07) is 7.84. The number of benzene rings is 1. The molecule has 1 fully saturated rings. The molecule has 1 amide bonds. The lowest BCUT2D eigenvalue weighted by Gasteiger charge is -2.21. The van der Waals surface area contributed by atoms with Crippen molar-refractivity contribution in [2.45, 2.75) is 39.2 Å². The lowest BCUT2D eigenvalue weighted by atomic mass is 10.0. The van der Waals surface area contributed by atoms with Crippen LogP contribution in [0.1, 0.15) is 43.5 Å². The Morgan fingerprint density at radius 1 is 1.35 bits per heavy atom. The van der Waals surface area contributed by atoms with E-state index in [1.807, 2.05) is 24.3 Å². The molecule has 5 heteroatoms. The molecule has 1 atom stereocenters. The van der Waals surface area contributed by atoms with Gasteiger partial charge in [-0.1, -0.05) is 31.1 Å². The molecular weight excluding hydrogens is 290 g/mol. The normalized spacial score (nSPS) is 20.6. The predicted molar refractivity (Wildman–Crippen MR) is 92.0 cm³/mol. The first-order valence-corrected chi connectivity index (χ1v) is 8.50. The third-order valence-corrected chi connectivity index (χ3v) is 4.51. The molecule has 2 heterocycles. The maximum Gasteiger partial charge on any atom is 0.253 e. The van der Waals surface area contributed by atoms with Crippen molar-refractivity contribution in [2.75, 3.05) is 24.5 Å². The van der Waals surface area contributed by atoms with Crippen molar-refractivity contribution >= 4 is 17.3 Å². The van der Waals surface area contributed by atoms with E-state index in [-0.39, 0.29) is 12.0 Å². The van der Waals surface area contributed by atoms with Crippen LogP contribution in [-0.2, 0) is 4.84 Å². The molecule has 124 valence electrons. The number of hydrogen-bond acceptors (Lipinski definition) is 4. The maximum absolute atomic E-state index is 12.6. The van der Waals surface area contributed by atoms with Crippen LogP contribution in [0.15, 0.2) is 29.4 Å². The van der Waals surface area contributed by atoms with Gasteiger partial charge in [0.2, 0.25) is 0 Å². The first kappa shape index (κ1) is 15.8. The van der Waals surface area contributed by atoms with Crippen LogP contribution < -0.4 is 10.2 Å². The second kappa shape index (κ2) is 7.02. The number of amides is 1. The zero-order valence-corrected chi connectivity index (χ0v) is 13.9. The summed E-state index contributed by atoms with van der Waals surface area (Å²) in [7, 11) is 0. The van der Waals surface area contributed by atoms with Crippen LogP contribution in [0.3, 0.4) is 0 Å². The van der Waals surface area contributed by atoms with Gasteiger partial charge in [-0.05, 0) is 30.9 Å². The summed E-state index contributed by atoms with van der Waals surface area (Å²) in [5.74, 6) is 0.362. The molecule has 0 spiro atoms. The third kappa shape index (κ3) is 3.66. The molecule has 23 heavy (non-hydrogen) atoms. The summed E-state index contributed by atoms with van der Waals surface area (Å²) in [6.45, 7) is 6.76. The molecule has 2 aliphatic heterocycles. The van der Waals surface area contributed by atoms with Gasteiger partial charge in [0, 0.05) is 25.2 Å². The summed E-state index contributed by atoms with van der Waals surface area (Å²) in [5.41, 5.74) is 2.85. The molecule has 0 aliphatic carbocycles. The molecule has 1 N–H and O–H groups in total. The lowest BCUT2D eigenvalue weighted by molar-refractivity contribution is 0.0753. The molecule has 1 aromatic rings.